The number of nitrogens with one attached hydrogen (secondary N) is 1. The van der Waals surface area contributed by atoms with Crippen molar-refractivity contribution >= 4 is 11.7 Å². The highest BCUT2D eigenvalue weighted by atomic mass is 16.2. The van der Waals surface area contributed by atoms with Gasteiger partial charge in [-0.15, -0.1) is 0 Å². The summed E-state index contributed by atoms with van der Waals surface area (Å²) in [4.78, 5) is 22.0. The second-order valence-corrected chi connectivity index (χ2v) is 4.15. The van der Waals surface area contributed by atoms with E-state index in [1.54, 1.807) is 19.0 Å². The molecule has 0 saturated carbocycles. The third-order valence-corrected chi connectivity index (χ3v) is 2.70. The van der Waals surface area contributed by atoms with Crippen molar-refractivity contribution in [2.24, 2.45) is 0 Å². The van der Waals surface area contributed by atoms with Gasteiger partial charge in [-0.25, -0.2) is 9.97 Å². The largest absolute Gasteiger partial charge is 0.358 e. The predicted octanol–water partition coefficient (Wildman–Crippen LogP) is 0.464. The van der Waals surface area contributed by atoms with E-state index in [9.17, 15) is 4.79 Å². The van der Waals surface area contributed by atoms with Crippen LogP contribution in [0.5, 0.6) is 0 Å². The van der Waals surface area contributed by atoms with E-state index in [1.807, 2.05) is 13.1 Å². The maximum atomic E-state index is 11.8. The van der Waals surface area contributed by atoms with E-state index < -0.39 is 0 Å². The van der Waals surface area contributed by atoms with Crippen molar-refractivity contribution in [1.82, 2.24) is 14.9 Å². The van der Waals surface area contributed by atoms with Crippen LogP contribution in [0.1, 0.15) is 18.3 Å². The first-order chi connectivity index (χ1) is 7.61. The average molecular weight is 220 g/mol. The fourth-order valence-electron chi connectivity index (χ4n) is 1.78. The van der Waals surface area contributed by atoms with E-state index in [0.29, 0.717) is 6.42 Å². The molecule has 0 spiro atoms. The zero-order valence-corrected chi connectivity index (χ0v) is 9.82. The fourth-order valence-corrected chi connectivity index (χ4v) is 1.78. The highest BCUT2D eigenvalue weighted by Crippen LogP contribution is 2.23. The van der Waals surface area contributed by atoms with Crippen LogP contribution in [0.3, 0.4) is 0 Å². The Kier molecular flexibility index (Phi) is 2.77. The number of carbonyl (C=O) groups excluding carboxylic acids is 1. The van der Waals surface area contributed by atoms with Crippen LogP contribution in [0, 0.1) is 0 Å². The Labute approximate surface area is 94.9 Å². The zero-order chi connectivity index (χ0) is 11.7. The second-order valence-electron chi connectivity index (χ2n) is 4.15. The van der Waals surface area contributed by atoms with Gasteiger partial charge < -0.3 is 10.2 Å². The van der Waals surface area contributed by atoms with Crippen LogP contribution < -0.4 is 5.32 Å². The smallest absolute Gasteiger partial charge is 0.244 e. The number of fused-ring (bicyclic) bond motifs is 1. The molecule has 0 aromatic carbocycles. The molecule has 1 N–H and O–H groups in total. The van der Waals surface area contributed by atoms with Gasteiger partial charge in [0.05, 0.1) is 0 Å². The molecule has 2 rings (SSSR count). The van der Waals surface area contributed by atoms with Crippen molar-refractivity contribution < 1.29 is 4.79 Å². The van der Waals surface area contributed by atoms with Crippen LogP contribution in [0.4, 0.5) is 5.82 Å². The summed E-state index contributed by atoms with van der Waals surface area (Å²) >= 11 is 0. The molecule has 1 unspecified atom stereocenters. The predicted molar refractivity (Wildman–Crippen MR) is 61.2 cm³/mol. The number of amides is 1. The summed E-state index contributed by atoms with van der Waals surface area (Å²) in [6.07, 6.45) is 3.30. The summed E-state index contributed by atoms with van der Waals surface area (Å²) in [6.45, 7) is 2.01. The lowest BCUT2D eigenvalue weighted by molar-refractivity contribution is -0.129. The topological polar surface area (TPSA) is 58.1 Å². The van der Waals surface area contributed by atoms with Gasteiger partial charge >= 0.3 is 0 Å². The summed E-state index contributed by atoms with van der Waals surface area (Å²) in [5.74, 6) is 1.70. The van der Waals surface area contributed by atoms with E-state index in [1.165, 1.54) is 0 Å². The van der Waals surface area contributed by atoms with Crippen LogP contribution in [0.15, 0.2) is 6.20 Å². The van der Waals surface area contributed by atoms with Crippen molar-refractivity contribution in [2.45, 2.75) is 25.8 Å². The summed E-state index contributed by atoms with van der Waals surface area (Å²) in [6, 6.07) is -0.189. The Bertz CT molecular complexity index is 416. The molecule has 16 heavy (non-hydrogen) atoms. The normalized spacial score (nSPS) is 17.8. The summed E-state index contributed by atoms with van der Waals surface area (Å²) in [7, 11) is 3.52. The molecule has 0 radical (unpaired) electrons. The van der Waals surface area contributed by atoms with E-state index in [2.05, 4.69) is 15.3 Å². The Hall–Kier alpha value is -1.65. The lowest BCUT2D eigenvalue weighted by Gasteiger charge is -2.15. The number of carbonyl (C=O) groups is 1. The number of aryl methyl sites for hydroxylation is 1. The number of likely N-dealkylation sites (N-methyl/N-ethyl adjacent to an activating group) is 1. The van der Waals surface area contributed by atoms with Gasteiger partial charge in [0.25, 0.3) is 0 Å². The molecule has 1 aromatic heterocycles. The molecule has 1 amide bonds. The highest BCUT2D eigenvalue weighted by molar-refractivity contribution is 5.86. The van der Waals surface area contributed by atoms with Gasteiger partial charge in [-0.3, -0.25) is 4.79 Å². The minimum absolute atomic E-state index is 0.0797. The van der Waals surface area contributed by atoms with Crippen LogP contribution in [-0.4, -0.2) is 40.9 Å². The maximum Gasteiger partial charge on any atom is 0.244 e. The molecule has 1 aliphatic rings. The van der Waals surface area contributed by atoms with Crippen LogP contribution in [0.2, 0.25) is 0 Å². The van der Waals surface area contributed by atoms with Crippen molar-refractivity contribution in [3.63, 3.8) is 0 Å². The number of rotatable bonds is 2. The van der Waals surface area contributed by atoms with Gasteiger partial charge in [-0.2, -0.15) is 0 Å². The van der Waals surface area contributed by atoms with Gasteiger partial charge in [0.1, 0.15) is 17.7 Å². The quantitative estimate of drug-likeness (QED) is 0.787. The fraction of sp³-hybridized carbons (Fsp3) is 0.545. The minimum atomic E-state index is -0.189. The van der Waals surface area contributed by atoms with Gasteiger partial charge in [0.2, 0.25) is 5.91 Å². The Balaban J connectivity index is 2.18. The first-order valence-electron chi connectivity index (χ1n) is 5.44. The van der Waals surface area contributed by atoms with Crippen molar-refractivity contribution in [3.8, 4) is 0 Å². The van der Waals surface area contributed by atoms with Gasteiger partial charge in [0.15, 0.2) is 0 Å². The molecule has 0 fully saturated rings. The molecular formula is C11H16N4O. The lowest BCUT2D eigenvalue weighted by atomic mass is 10.1. The molecular weight excluding hydrogens is 204 g/mol. The average Bonchev–Trinajstić information content (AvgIpc) is 2.69. The van der Waals surface area contributed by atoms with E-state index in [4.69, 9.17) is 0 Å². The Morgan fingerprint density at radius 3 is 3.00 bits per heavy atom. The van der Waals surface area contributed by atoms with Gasteiger partial charge in [0, 0.05) is 38.7 Å². The molecule has 86 valence electrons. The number of hydrogen-bond acceptors (Lipinski definition) is 4. The van der Waals surface area contributed by atoms with Gasteiger partial charge in [-0.1, -0.05) is 6.92 Å². The molecule has 1 aliphatic heterocycles. The van der Waals surface area contributed by atoms with Crippen LogP contribution in [-0.2, 0) is 17.6 Å². The van der Waals surface area contributed by atoms with Crippen molar-refractivity contribution in [1.29, 1.82) is 0 Å². The van der Waals surface area contributed by atoms with Crippen LogP contribution in [0.25, 0.3) is 0 Å². The molecule has 0 bridgehead atoms. The zero-order valence-electron chi connectivity index (χ0n) is 9.82. The van der Waals surface area contributed by atoms with Crippen molar-refractivity contribution in [2.75, 3.05) is 19.4 Å². The Morgan fingerprint density at radius 1 is 1.62 bits per heavy atom. The molecule has 5 nitrogen and oxygen atoms in total. The third-order valence-electron chi connectivity index (χ3n) is 2.70. The maximum absolute atomic E-state index is 11.8. The molecule has 1 atom stereocenters. The minimum Gasteiger partial charge on any atom is -0.358 e. The summed E-state index contributed by atoms with van der Waals surface area (Å²) in [5, 5.41) is 3.15. The first-order valence-corrected chi connectivity index (χ1v) is 5.44. The van der Waals surface area contributed by atoms with Crippen LogP contribution >= 0.6 is 0 Å². The van der Waals surface area contributed by atoms with Crippen molar-refractivity contribution in [3.05, 3.63) is 17.6 Å². The second kappa shape index (κ2) is 4.08. The first kappa shape index (κ1) is 10.9. The van der Waals surface area contributed by atoms with E-state index >= 15 is 0 Å². The standard InChI is InChI=1S/C11H16N4O/c1-4-9-12-6-7-5-8(11(16)15(2)3)13-10(7)14-9/h6,8H,4-5H2,1-3H3,(H,12,13,14). The van der Waals surface area contributed by atoms with E-state index in [0.717, 1.165) is 23.6 Å². The van der Waals surface area contributed by atoms with Gasteiger partial charge in [-0.05, 0) is 0 Å². The Morgan fingerprint density at radius 2 is 2.38 bits per heavy atom. The molecule has 1 aromatic rings. The molecule has 2 heterocycles. The summed E-state index contributed by atoms with van der Waals surface area (Å²) < 4.78 is 0. The number of aromatic nitrogens is 2. The lowest BCUT2D eigenvalue weighted by Crippen LogP contribution is -2.37. The third kappa shape index (κ3) is 1.85. The molecule has 0 saturated heterocycles. The number of nitrogens with zero attached hydrogens (tertiary/aromatic N) is 3. The van der Waals surface area contributed by atoms with E-state index in [-0.39, 0.29) is 11.9 Å². The molecule has 0 aliphatic carbocycles. The SMILES string of the molecule is CCc1ncc2c(n1)NC(C(=O)N(C)C)C2. The number of hydrogen-bond donors (Lipinski definition) is 1. The summed E-state index contributed by atoms with van der Waals surface area (Å²) in [5.41, 5.74) is 1.03. The number of anilines is 1. The highest BCUT2D eigenvalue weighted by Gasteiger charge is 2.29. The monoisotopic (exact) mass is 220 g/mol. The molecule has 5 heteroatoms.